The smallest absolute Gasteiger partial charge is 0.191 e. The first-order valence-corrected chi connectivity index (χ1v) is 11.1. The highest BCUT2D eigenvalue weighted by Crippen LogP contribution is 2.24. The Morgan fingerprint density at radius 1 is 1.23 bits per heavy atom. The molecule has 1 aromatic carbocycles. The van der Waals surface area contributed by atoms with Gasteiger partial charge in [0.2, 0.25) is 0 Å². The van der Waals surface area contributed by atoms with Crippen molar-refractivity contribution in [2.75, 3.05) is 37.3 Å². The maximum absolute atomic E-state index is 4.38. The number of aryl methyl sites for hydroxylation is 1. The summed E-state index contributed by atoms with van der Waals surface area (Å²) in [4.78, 5) is 8.18. The highest BCUT2D eigenvalue weighted by Gasteiger charge is 2.20. The largest absolute Gasteiger partial charge is 0.363 e. The molecule has 1 aliphatic heterocycles. The molecule has 6 heteroatoms. The van der Waals surface area contributed by atoms with Gasteiger partial charge in [-0.05, 0) is 49.4 Å². The Balaban J connectivity index is 1.35. The zero-order valence-electron chi connectivity index (χ0n) is 15.6. The predicted octanol–water partition coefficient (Wildman–Crippen LogP) is 3.98. The molecule has 26 heavy (non-hydrogen) atoms. The fourth-order valence-corrected chi connectivity index (χ4v) is 4.61. The van der Waals surface area contributed by atoms with Gasteiger partial charge in [-0.3, -0.25) is 4.99 Å². The van der Waals surface area contributed by atoms with Crippen molar-refractivity contribution in [3.8, 4) is 0 Å². The number of rotatable bonds is 6. The van der Waals surface area contributed by atoms with E-state index in [4.69, 9.17) is 0 Å². The quantitative estimate of drug-likeness (QED) is 0.340. The van der Waals surface area contributed by atoms with Gasteiger partial charge >= 0.3 is 0 Å². The summed E-state index contributed by atoms with van der Waals surface area (Å²) < 4.78 is 0. The lowest BCUT2D eigenvalue weighted by atomic mass is 10.1. The molecule has 4 nitrogen and oxygen atoms in total. The van der Waals surface area contributed by atoms with Gasteiger partial charge in [-0.15, -0.1) is 23.1 Å². The summed E-state index contributed by atoms with van der Waals surface area (Å²) in [6.07, 6.45) is 2.30. The summed E-state index contributed by atoms with van der Waals surface area (Å²) in [7, 11) is 1.85. The molecule has 1 saturated heterocycles. The van der Waals surface area contributed by atoms with Crippen LogP contribution in [0.15, 0.2) is 51.7 Å². The molecule has 0 unspecified atom stereocenters. The Hall–Kier alpha value is -1.66. The van der Waals surface area contributed by atoms with Gasteiger partial charge in [0.25, 0.3) is 0 Å². The van der Waals surface area contributed by atoms with Crippen LogP contribution >= 0.6 is 23.1 Å². The highest BCUT2D eigenvalue weighted by atomic mass is 32.2. The van der Waals surface area contributed by atoms with Crippen molar-refractivity contribution in [2.45, 2.75) is 30.7 Å². The molecule has 2 heterocycles. The Labute approximate surface area is 165 Å². The molecule has 0 aliphatic carbocycles. The van der Waals surface area contributed by atoms with Crippen LogP contribution in [-0.2, 0) is 0 Å². The number of hydrogen-bond acceptors (Lipinski definition) is 4. The lowest BCUT2D eigenvalue weighted by molar-refractivity contribution is 0.463. The van der Waals surface area contributed by atoms with E-state index in [2.05, 4.69) is 69.2 Å². The molecule has 1 fully saturated rings. The monoisotopic (exact) mass is 388 g/mol. The third-order valence-corrected chi connectivity index (χ3v) is 6.50. The zero-order valence-corrected chi connectivity index (χ0v) is 17.2. The van der Waals surface area contributed by atoms with Gasteiger partial charge in [0, 0.05) is 43.4 Å². The molecule has 2 aromatic rings. The minimum absolute atomic E-state index is 0.502. The third kappa shape index (κ3) is 5.68. The number of thioether (sulfide) groups is 1. The van der Waals surface area contributed by atoms with Gasteiger partial charge in [0.15, 0.2) is 5.96 Å². The lowest BCUT2D eigenvalue weighted by Crippen LogP contribution is -2.49. The number of benzene rings is 1. The summed E-state index contributed by atoms with van der Waals surface area (Å²) in [6, 6.07) is 13.6. The second kappa shape index (κ2) is 9.88. The van der Waals surface area contributed by atoms with Crippen LogP contribution in [0.25, 0.3) is 0 Å². The predicted molar refractivity (Wildman–Crippen MR) is 116 cm³/mol. The van der Waals surface area contributed by atoms with Crippen molar-refractivity contribution in [2.24, 2.45) is 4.99 Å². The van der Waals surface area contributed by atoms with E-state index in [0.717, 1.165) is 44.2 Å². The van der Waals surface area contributed by atoms with E-state index in [-0.39, 0.29) is 0 Å². The SMILES string of the molecule is CN=C(NCCSc1ccc(C)cc1)NC1CCN(c2cccs2)CC1. The van der Waals surface area contributed by atoms with Crippen LogP contribution in [0.3, 0.4) is 0 Å². The van der Waals surface area contributed by atoms with Crippen LogP contribution in [0.5, 0.6) is 0 Å². The average molecular weight is 389 g/mol. The topological polar surface area (TPSA) is 39.7 Å². The molecule has 0 atom stereocenters. The van der Waals surface area contributed by atoms with Crippen LogP contribution in [0.2, 0.25) is 0 Å². The van der Waals surface area contributed by atoms with E-state index < -0.39 is 0 Å². The normalized spacial score (nSPS) is 15.9. The zero-order chi connectivity index (χ0) is 18.2. The molecule has 0 amide bonds. The van der Waals surface area contributed by atoms with Crippen LogP contribution in [0, 0.1) is 6.92 Å². The molecule has 1 aliphatic rings. The number of aliphatic imine (C=N–C) groups is 1. The molecule has 0 bridgehead atoms. The number of piperidine rings is 1. The van der Waals surface area contributed by atoms with Gasteiger partial charge in [0.05, 0.1) is 5.00 Å². The van der Waals surface area contributed by atoms with E-state index >= 15 is 0 Å². The molecular formula is C20H28N4S2. The molecule has 0 radical (unpaired) electrons. The molecule has 3 rings (SSSR count). The first-order chi connectivity index (χ1) is 12.7. The molecule has 140 valence electrons. The number of anilines is 1. The van der Waals surface area contributed by atoms with Crippen molar-refractivity contribution in [3.05, 3.63) is 47.3 Å². The van der Waals surface area contributed by atoms with Gasteiger partial charge in [-0.25, -0.2) is 0 Å². The summed E-state index contributed by atoms with van der Waals surface area (Å²) in [5.41, 5.74) is 1.31. The fraction of sp³-hybridized carbons (Fsp3) is 0.450. The van der Waals surface area contributed by atoms with E-state index in [1.54, 1.807) is 0 Å². The van der Waals surface area contributed by atoms with Crippen LogP contribution < -0.4 is 15.5 Å². The first-order valence-electron chi connectivity index (χ1n) is 9.19. The molecule has 1 aromatic heterocycles. The van der Waals surface area contributed by atoms with Crippen LogP contribution in [0.1, 0.15) is 18.4 Å². The van der Waals surface area contributed by atoms with E-state index in [0.29, 0.717) is 6.04 Å². The van der Waals surface area contributed by atoms with Gasteiger partial charge in [-0.2, -0.15) is 0 Å². The number of guanidine groups is 1. The van der Waals surface area contributed by atoms with Crippen molar-refractivity contribution >= 4 is 34.1 Å². The van der Waals surface area contributed by atoms with Gasteiger partial charge in [0.1, 0.15) is 0 Å². The number of nitrogens with one attached hydrogen (secondary N) is 2. The summed E-state index contributed by atoms with van der Waals surface area (Å²) in [5, 5.41) is 10.6. The van der Waals surface area contributed by atoms with Crippen LogP contribution in [-0.4, -0.2) is 44.4 Å². The van der Waals surface area contributed by atoms with E-state index in [9.17, 15) is 0 Å². The molecule has 2 N–H and O–H groups in total. The van der Waals surface area contributed by atoms with Crippen molar-refractivity contribution < 1.29 is 0 Å². The molecular weight excluding hydrogens is 360 g/mol. The summed E-state index contributed by atoms with van der Waals surface area (Å²) >= 11 is 3.70. The second-order valence-corrected chi connectivity index (χ2v) is 8.61. The van der Waals surface area contributed by atoms with Gasteiger partial charge < -0.3 is 15.5 Å². The Bertz CT molecular complexity index is 674. The second-order valence-electron chi connectivity index (χ2n) is 6.52. The van der Waals surface area contributed by atoms with Crippen molar-refractivity contribution in [3.63, 3.8) is 0 Å². The number of thiophene rings is 1. The first kappa shape index (κ1) is 19.1. The minimum Gasteiger partial charge on any atom is -0.363 e. The van der Waals surface area contributed by atoms with E-state index in [1.807, 2.05) is 30.1 Å². The van der Waals surface area contributed by atoms with Crippen molar-refractivity contribution in [1.29, 1.82) is 0 Å². The summed E-state index contributed by atoms with van der Waals surface area (Å²) in [6.45, 7) is 5.25. The number of nitrogens with zero attached hydrogens (tertiary/aromatic N) is 2. The highest BCUT2D eigenvalue weighted by molar-refractivity contribution is 7.99. The van der Waals surface area contributed by atoms with Crippen LogP contribution in [0.4, 0.5) is 5.00 Å². The molecule has 0 saturated carbocycles. The summed E-state index contributed by atoms with van der Waals surface area (Å²) in [5.74, 6) is 1.95. The lowest BCUT2D eigenvalue weighted by Gasteiger charge is -2.33. The average Bonchev–Trinajstić information content (AvgIpc) is 3.21. The minimum atomic E-state index is 0.502. The number of hydrogen-bond donors (Lipinski definition) is 2. The Morgan fingerprint density at radius 3 is 2.65 bits per heavy atom. The van der Waals surface area contributed by atoms with Gasteiger partial charge in [-0.1, -0.05) is 17.7 Å². The van der Waals surface area contributed by atoms with Crippen molar-refractivity contribution in [1.82, 2.24) is 10.6 Å². The molecule has 0 spiro atoms. The standard InChI is InChI=1S/C20H28N4S2/c1-16-5-7-18(8-6-16)25-15-11-22-20(21-2)23-17-9-12-24(13-10-17)19-4-3-14-26-19/h3-8,14,17H,9-13,15H2,1-2H3,(H2,21,22,23). The fourth-order valence-electron chi connectivity index (χ4n) is 3.05. The maximum atomic E-state index is 4.38. The Morgan fingerprint density at radius 2 is 2.00 bits per heavy atom. The maximum Gasteiger partial charge on any atom is 0.191 e. The Kier molecular flexibility index (Phi) is 7.26. The van der Waals surface area contributed by atoms with E-state index in [1.165, 1.54) is 15.5 Å². The third-order valence-electron chi connectivity index (χ3n) is 4.56.